The van der Waals surface area contributed by atoms with Gasteiger partial charge in [0.15, 0.2) is 0 Å². The molecule has 2 aliphatic heterocycles. The first kappa shape index (κ1) is 27.6. The Morgan fingerprint density at radius 3 is 1.29 bits per heavy atom. The third-order valence-electron chi connectivity index (χ3n) is 5.38. The fraction of sp³-hybridized carbons (Fsp3) is 0.231. The number of hydrazone groups is 2. The third-order valence-corrected chi connectivity index (χ3v) is 5.38. The molecule has 6 N–H and O–H groups in total. The molecule has 4 rings (SSSR count). The molecule has 2 aliphatic rings. The summed E-state index contributed by atoms with van der Waals surface area (Å²) >= 11 is 0. The maximum absolute atomic E-state index is 10.1. The molecule has 0 atom stereocenters. The smallest absolute Gasteiger partial charge is 0.596 e. The molecular weight excluding hydrogens is 496 g/mol. The predicted molar refractivity (Wildman–Crippen MR) is 140 cm³/mol. The zero-order chi connectivity index (χ0) is 24.8. The zero-order valence-electron chi connectivity index (χ0n) is 20.2. The minimum absolute atomic E-state index is 0. The summed E-state index contributed by atoms with van der Waals surface area (Å²) in [6.07, 6.45) is 1.16. The van der Waals surface area contributed by atoms with Crippen LogP contribution in [-0.2, 0) is 17.1 Å². The topological polar surface area (TPSA) is 120 Å². The Morgan fingerprint density at radius 2 is 1.00 bits per heavy atom. The molecule has 9 heteroatoms. The van der Waals surface area contributed by atoms with Gasteiger partial charge in [-0.25, -0.2) is 0 Å². The minimum atomic E-state index is 0. The summed E-state index contributed by atoms with van der Waals surface area (Å²) in [4.78, 5) is 20.2. The Hall–Kier alpha value is -3.68. The zero-order valence-corrected chi connectivity index (χ0v) is 21.1. The summed E-state index contributed by atoms with van der Waals surface area (Å²) in [6.45, 7) is 7.39. The van der Waals surface area contributed by atoms with Gasteiger partial charge in [0.05, 0.1) is 35.6 Å². The molecule has 0 aliphatic carbocycles. The van der Waals surface area contributed by atoms with Crippen molar-refractivity contribution in [2.75, 3.05) is 10.0 Å². The molecule has 1 radical (unpaired) electrons. The molecule has 2 aromatic rings. The van der Waals surface area contributed by atoms with Gasteiger partial charge in [-0.15, -0.1) is 10.0 Å². The van der Waals surface area contributed by atoms with E-state index in [1.54, 1.807) is 13.8 Å². The Balaban J connectivity index is 0.000000240. The molecule has 0 bridgehead atoms. The van der Waals surface area contributed by atoms with Crippen molar-refractivity contribution in [1.82, 2.24) is 0 Å². The number of amides is 2. The normalized spacial score (nSPS) is 17.8. The van der Waals surface area contributed by atoms with Crippen LogP contribution in [-0.4, -0.2) is 43.0 Å². The second kappa shape index (κ2) is 12.1. The summed E-state index contributed by atoms with van der Waals surface area (Å²) < 4.78 is 0. The van der Waals surface area contributed by atoms with E-state index < -0.39 is 0 Å². The van der Waals surface area contributed by atoms with Gasteiger partial charge in [-0.2, -0.15) is 10.2 Å². The van der Waals surface area contributed by atoms with Crippen LogP contribution in [0.2, 0.25) is 0 Å². The van der Waals surface area contributed by atoms with Crippen LogP contribution in [0.5, 0.6) is 0 Å². The molecule has 2 amide bonds. The number of benzene rings is 2. The monoisotopic (exact) mass is 527 g/mol. The number of anilines is 2. The minimum Gasteiger partial charge on any atom is -0.596 e. The summed E-state index contributed by atoms with van der Waals surface area (Å²) in [5.74, 6) is 0.894. The molecule has 0 unspecified atom stereocenters. The first-order chi connectivity index (χ1) is 16.3. The van der Waals surface area contributed by atoms with Gasteiger partial charge in [-0.05, 0) is 38.1 Å². The van der Waals surface area contributed by atoms with Gasteiger partial charge in [0.1, 0.15) is 0 Å². The van der Waals surface area contributed by atoms with Gasteiger partial charge in [0.25, 0.3) is 0 Å². The summed E-state index contributed by atoms with van der Waals surface area (Å²) in [6, 6.07) is 18.8. The fourth-order valence-corrected chi connectivity index (χ4v) is 3.59. The van der Waals surface area contributed by atoms with Crippen LogP contribution < -0.4 is 10.0 Å². The summed E-state index contributed by atoms with van der Waals surface area (Å²) in [7, 11) is 0. The van der Waals surface area contributed by atoms with E-state index >= 15 is 0 Å². The largest absolute Gasteiger partial charge is 2.00 e. The quantitative estimate of drug-likeness (QED) is 0.250. The average Bonchev–Trinajstić information content (AvgIpc) is 3.33. The van der Waals surface area contributed by atoms with Crippen molar-refractivity contribution in [3.05, 3.63) is 83.3 Å². The van der Waals surface area contributed by atoms with E-state index in [9.17, 15) is 9.59 Å². The van der Waals surface area contributed by atoms with E-state index in [1.165, 1.54) is 10.0 Å². The predicted octanol–water partition coefficient (Wildman–Crippen LogP) is 3.54. The Morgan fingerprint density at radius 1 is 0.686 bits per heavy atom. The van der Waals surface area contributed by atoms with E-state index in [2.05, 4.69) is 10.2 Å². The van der Waals surface area contributed by atoms with Crippen molar-refractivity contribution in [2.45, 2.75) is 40.5 Å². The van der Waals surface area contributed by atoms with Crippen molar-refractivity contribution < 1.29 is 36.9 Å². The van der Waals surface area contributed by atoms with Crippen molar-refractivity contribution >= 4 is 34.6 Å². The fourth-order valence-electron chi connectivity index (χ4n) is 3.59. The molecule has 185 valence electrons. The average molecular weight is 528 g/mol. The van der Waals surface area contributed by atoms with Crippen LogP contribution in [0.3, 0.4) is 0 Å². The molecule has 0 saturated carbocycles. The number of nitrogens with zero attached hydrogens (tertiary/aromatic N) is 4. The number of para-hydroxylation sites is 2. The maximum atomic E-state index is 10.1. The Bertz CT molecular complexity index is 1110. The standard InChI is InChI=1S/2C13H14N2O2.Cu/c2*1-3-11(16)12-9(2)14-15(13(12)17)10-7-5-4-6-8-10;/h2*4-8,16H,3H2,1-2H3;/q;;+2/p+4. The van der Waals surface area contributed by atoms with E-state index in [0.29, 0.717) is 46.9 Å². The molecule has 0 aromatic heterocycles. The van der Waals surface area contributed by atoms with Gasteiger partial charge in [-0.1, -0.05) is 50.2 Å². The van der Waals surface area contributed by atoms with E-state index in [0.717, 1.165) is 11.4 Å². The van der Waals surface area contributed by atoms with Crippen molar-refractivity contribution in [1.29, 1.82) is 0 Å². The SMILES string of the molecule is CCC([OH2+])=C1C(=[OH+])N(c2ccccc2)N=C1C.CCC([OH2+])=C1C(=[OH+])N(c2ccccc2)N=C1C.[Cu+2]. The van der Waals surface area contributed by atoms with Gasteiger partial charge in [0, 0.05) is 0 Å². The second-order valence-electron chi connectivity index (χ2n) is 7.73. The molecule has 35 heavy (non-hydrogen) atoms. The Kier molecular flexibility index (Phi) is 9.57. The molecule has 8 nitrogen and oxygen atoms in total. The van der Waals surface area contributed by atoms with Crippen LogP contribution in [0, 0.1) is 0 Å². The van der Waals surface area contributed by atoms with Crippen molar-refractivity contribution in [3.8, 4) is 0 Å². The number of hydrogen-bond donors (Lipinski definition) is 0. The second-order valence-corrected chi connectivity index (χ2v) is 7.73. The van der Waals surface area contributed by atoms with Gasteiger partial charge >= 0.3 is 28.9 Å². The molecule has 2 heterocycles. The number of hydrogen-bond acceptors (Lipinski definition) is 2. The van der Waals surface area contributed by atoms with Crippen molar-refractivity contribution in [3.63, 3.8) is 0 Å². The van der Waals surface area contributed by atoms with Gasteiger partial charge in [-0.3, -0.25) is 9.59 Å². The van der Waals surface area contributed by atoms with Crippen LogP contribution in [0.15, 0.2) is 93.5 Å². The number of carbonyl (C=O) groups excluding carboxylic acids is 2. The first-order valence-corrected chi connectivity index (χ1v) is 11.1. The van der Waals surface area contributed by atoms with E-state index in [-0.39, 0.29) is 28.9 Å². The Labute approximate surface area is 215 Å². The number of allylic oxidation sites excluding steroid dienone is 2. The maximum Gasteiger partial charge on any atom is 2.00 e. The first-order valence-electron chi connectivity index (χ1n) is 11.1. The molecular formula is C26H32CuN4O4+6. The van der Waals surface area contributed by atoms with E-state index in [4.69, 9.17) is 10.2 Å². The van der Waals surface area contributed by atoms with Crippen LogP contribution in [0.25, 0.3) is 0 Å². The van der Waals surface area contributed by atoms with Gasteiger partial charge < -0.3 is 10.2 Å². The van der Waals surface area contributed by atoms with Crippen LogP contribution in [0.4, 0.5) is 11.4 Å². The van der Waals surface area contributed by atoms with E-state index in [1.807, 2.05) is 74.5 Å². The van der Waals surface area contributed by atoms with Crippen molar-refractivity contribution in [2.24, 2.45) is 10.2 Å². The van der Waals surface area contributed by atoms with Crippen LogP contribution >= 0.6 is 0 Å². The van der Waals surface area contributed by atoms with Crippen LogP contribution in [0.1, 0.15) is 40.5 Å². The molecule has 0 fully saturated rings. The summed E-state index contributed by atoms with van der Waals surface area (Å²) in [5.41, 5.74) is 4.02. The molecule has 2 aromatic carbocycles. The molecule has 0 saturated heterocycles. The molecule has 0 spiro atoms. The third kappa shape index (κ3) is 5.88. The summed E-state index contributed by atoms with van der Waals surface area (Å²) in [5, 5.41) is 27.1. The number of rotatable bonds is 4. The van der Waals surface area contributed by atoms with Gasteiger partial charge in [0.2, 0.25) is 22.7 Å².